The van der Waals surface area contributed by atoms with Crippen molar-refractivity contribution in [3.63, 3.8) is 0 Å². The van der Waals surface area contributed by atoms with Crippen molar-refractivity contribution in [2.75, 3.05) is 6.61 Å². The van der Waals surface area contributed by atoms with Crippen LogP contribution >= 0.6 is 0 Å². The van der Waals surface area contributed by atoms with E-state index >= 15 is 0 Å². The maximum atomic E-state index is 12.7. The van der Waals surface area contributed by atoms with Crippen molar-refractivity contribution < 1.29 is 27.4 Å². The van der Waals surface area contributed by atoms with Crippen LogP contribution < -0.4 is 4.74 Å². The lowest BCUT2D eigenvalue weighted by molar-refractivity contribution is 0.156. The van der Waals surface area contributed by atoms with E-state index in [9.17, 15) is 13.2 Å². The molecule has 0 amide bonds. The van der Waals surface area contributed by atoms with Crippen molar-refractivity contribution in [3.05, 3.63) is 72.1 Å². The van der Waals surface area contributed by atoms with Crippen molar-refractivity contribution in [2.45, 2.75) is 13.0 Å². The highest BCUT2D eigenvalue weighted by Gasteiger charge is 2.09. The van der Waals surface area contributed by atoms with Gasteiger partial charge in [0, 0.05) is 6.42 Å². The summed E-state index contributed by atoms with van der Waals surface area (Å²) in [7, 11) is 0. The van der Waals surface area contributed by atoms with Crippen LogP contribution in [0.4, 0.5) is 13.2 Å². The van der Waals surface area contributed by atoms with E-state index in [2.05, 4.69) is 4.99 Å². The van der Waals surface area contributed by atoms with Crippen LogP contribution in [0.15, 0.2) is 71.5 Å². The zero-order valence-corrected chi connectivity index (χ0v) is 14.1. The molecule has 0 aliphatic heterocycles. The van der Waals surface area contributed by atoms with Gasteiger partial charge in [-0.15, -0.1) is 4.99 Å². The molecule has 0 radical (unpaired) electrons. The second-order valence-corrected chi connectivity index (χ2v) is 5.09. The maximum absolute atomic E-state index is 12.7. The Balaban J connectivity index is 1.91. The molecular weight excluding hydrogens is 361 g/mol. The van der Waals surface area contributed by atoms with Crippen LogP contribution in [0.2, 0.25) is 0 Å². The molecule has 0 heterocycles. The molecular formula is C19H15F3N2O3. The molecule has 27 heavy (non-hydrogen) atoms. The van der Waals surface area contributed by atoms with Gasteiger partial charge in [-0.05, 0) is 29.8 Å². The highest BCUT2D eigenvalue weighted by molar-refractivity contribution is 5.68. The van der Waals surface area contributed by atoms with Crippen molar-refractivity contribution in [3.8, 4) is 17.7 Å². The van der Waals surface area contributed by atoms with Gasteiger partial charge in [-0.1, -0.05) is 30.3 Å². The molecule has 0 aliphatic carbocycles. The lowest BCUT2D eigenvalue weighted by Crippen LogP contribution is -2.11. The summed E-state index contributed by atoms with van der Waals surface area (Å²) in [5.41, 5.74) is 0.693. The molecule has 0 saturated carbocycles. The molecule has 0 unspecified atom stereocenters. The molecule has 8 heteroatoms. The number of nitriles is 1. The minimum Gasteiger partial charge on any atom is -0.457 e. The zero-order valence-electron chi connectivity index (χ0n) is 14.1. The zero-order chi connectivity index (χ0) is 19.5. The van der Waals surface area contributed by atoms with Crippen molar-refractivity contribution >= 4 is 6.08 Å². The average Bonchev–Trinajstić information content (AvgIpc) is 2.67. The summed E-state index contributed by atoms with van der Waals surface area (Å²) in [6.45, 7) is -0.455. The fraction of sp³-hybridized carbons (Fsp3) is 0.158. The molecule has 0 spiro atoms. The first-order chi connectivity index (χ1) is 13.1. The molecule has 2 aromatic carbocycles. The Hall–Kier alpha value is -3.47. The molecule has 0 saturated heterocycles. The Morgan fingerprint density at radius 2 is 1.70 bits per heavy atom. The fourth-order valence-electron chi connectivity index (χ4n) is 1.94. The first-order valence-corrected chi connectivity index (χ1v) is 7.82. The molecule has 140 valence electrons. The fourth-order valence-corrected chi connectivity index (χ4v) is 1.94. The van der Waals surface area contributed by atoms with Gasteiger partial charge in [0.05, 0.1) is 6.61 Å². The molecule has 0 aliphatic rings. The third-order valence-electron chi connectivity index (χ3n) is 3.13. The summed E-state index contributed by atoms with van der Waals surface area (Å²) in [6.07, 6.45) is -2.03. The molecule has 2 rings (SSSR count). The number of ether oxygens (including phenoxy) is 3. The number of para-hydroxylation sites is 1. The molecule has 0 N–H and O–H groups in total. The Bertz CT molecular complexity index is 845. The smallest absolute Gasteiger partial charge is 0.399 e. The Kier molecular flexibility index (Phi) is 7.72. The minimum atomic E-state index is -2.41. The first kappa shape index (κ1) is 19.8. The average molecular weight is 376 g/mol. The van der Waals surface area contributed by atoms with E-state index in [0.29, 0.717) is 17.1 Å². The van der Waals surface area contributed by atoms with Gasteiger partial charge >= 0.3 is 12.2 Å². The van der Waals surface area contributed by atoms with E-state index in [1.54, 1.807) is 24.3 Å². The SMILES string of the molecule is N#CN=C(OCCC(F)=C(F)F)OCc1cccc(Oc2ccccc2)c1. The van der Waals surface area contributed by atoms with Crippen LogP contribution in [0.1, 0.15) is 12.0 Å². The topological polar surface area (TPSA) is 63.8 Å². The summed E-state index contributed by atoms with van der Waals surface area (Å²) >= 11 is 0. The quantitative estimate of drug-likeness (QED) is 0.373. The number of halogens is 3. The highest BCUT2D eigenvalue weighted by atomic mass is 19.3. The minimum absolute atomic E-state index is 0.0116. The van der Waals surface area contributed by atoms with Crippen molar-refractivity contribution in [2.24, 2.45) is 4.99 Å². The lowest BCUT2D eigenvalue weighted by Gasteiger charge is -2.10. The monoisotopic (exact) mass is 376 g/mol. The normalized spacial score (nSPS) is 10.7. The molecule has 0 atom stereocenters. The standard InChI is InChI=1S/C19H15F3N2O3/c20-17(18(21)22)9-10-25-19(24-13-23)26-12-14-5-4-8-16(11-14)27-15-6-2-1-3-7-15/h1-8,11H,9-10,12H2. The van der Waals surface area contributed by atoms with Crippen LogP contribution in [-0.2, 0) is 16.1 Å². The van der Waals surface area contributed by atoms with Crippen LogP contribution in [0, 0.1) is 11.5 Å². The van der Waals surface area contributed by atoms with E-state index in [4.69, 9.17) is 19.5 Å². The summed E-state index contributed by atoms with van der Waals surface area (Å²) in [5.74, 6) is -0.342. The van der Waals surface area contributed by atoms with Gasteiger partial charge < -0.3 is 14.2 Å². The Morgan fingerprint density at radius 3 is 2.41 bits per heavy atom. The van der Waals surface area contributed by atoms with Crippen LogP contribution in [0.5, 0.6) is 11.5 Å². The second kappa shape index (κ2) is 10.5. The van der Waals surface area contributed by atoms with Gasteiger partial charge in [0.2, 0.25) is 6.19 Å². The predicted molar refractivity (Wildman–Crippen MR) is 91.7 cm³/mol. The summed E-state index contributed by atoms with van der Waals surface area (Å²) in [6, 6.07) is 16.2. The van der Waals surface area contributed by atoms with E-state index in [0.717, 1.165) is 0 Å². The van der Waals surface area contributed by atoms with Gasteiger partial charge in [0.15, 0.2) is 5.83 Å². The summed E-state index contributed by atoms with van der Waals surface area (Å²) in [4.78, 5) is 3.29. The van der Waals surface area contributed by atoms with E-state index < -0.39 is 31.0 Å². The van der Waals surface area contributed by atoms with Crippen molar-refractivity contribution in [1.29, 1.82) is 5.26 Å². The number of rotatable bonds is 7. The Labute approximate surface area is 153 Å². The molecule has 5 nitrogen and oxygen atoms in total. The molecule has 2 aromatic rings. The third kappa shape index (κ3) is 7.12. The predicted octanol–water partition coefficient (Wildman–Crippen LogP) is 5.32. The van der Waals surface area contributed by atoms with Crippen molar-refractivity contribution in [1.82, 2.24) is 0 Å². The van der Waals surface area contributed by atoms with E-state index in [1.807, 2.05) is 30.3 Å². The van der Waals surface area contributed by atoms with E-state index in [-0.39, 0.29) is 6.61 Å². The van der Waals surface area contributed by atoms with Gasteiger partial charge in [0.25, 0.3) is 0 Å². The van der Waals surface area contributed by atoms with Crippen LogP contribution in [-0.4, -0.2) is 12.7 Å². The first-order valence-electron chi connectivity index (χ1n) is 7.82. The summed E-state index contributed by atoms with van der Waals surface area (Å²) < 4.78 is 52.6. The second-order valence-electron chi connectivity index (χ2n) is 5.09. The highest BCUT2D eigenvalue weighted by Crippen LogP contribution is 2.22. The lowest BCUT2D eigenvalue weighted by atomic mass is 10.2. The number of nitrogens with zero attached hydrogens (tertiary/aromatic N) is 2. The number of aliphatic imine (C=N–C) groups is 1. The molecule has 0 fully saturated rings. The summed E-state index contributed by atoms with van der Waals surface area (Å²) in [5, 5.41) is 8.62. The van der Waals surface area contributed by atoms with Gasteiger partial charge in [-0.25, -0.2) is 4.39 Å². The number of hydrogen-bond donors (Lipinski definition) is 0. The van der Waals surface area contributed by atoms with Gasteiger partial charge in [-0.2, -0.15) is 14.0 Å². The maximum Gasteiger partial charge on any atom is 0.399 e. The molecule has 0 bridgehead atoms. The van der Waals surface area contributed by atoms with Gasteiger partial charge in [-0.3, -0.25) is 0 Å². The number of hydrogen-bond acceptors (Lipinski definition) is 5. The van der Waals surface area contributed by atoms with Crippen LogP contribution in [0.3, 0.4) is 0 Å². The third-order valence-corrected chi connectivity index (χ3v) is 3.13. The molecule has 0 aromatic heterocycles. The Morgan fingerprint density at radius 1 is 0.963 bits per heavy atom. The van der Waals surface area contributed by atoms with Crippen LogP contribution in [0.25, 0.3) is 0 Å². The van der Waals surface area contributed by atoms with E-state index in [1.165, 1.54) is 6.19 Å². The van der Waals surface area contributed by atoms with Gasteiger partial charge in [0.1, 0.15) is 18.1 Å². The largest absolute Gasteiger partial charge is 0.457 e. The number of benzene rings is 2.